The first-order chi connectivity index (χ1) is 19.1. The summed E-state index contributed by atoms with van der Waals surface area (Å²) in [5.74, 6) is 0. The van der Waals surface area contributed by atoms with E-state index in [1.807, 2.05) is 12.1 Å². The van der Waals surface area contributed by atoms with Gasteiger partial charge in [-0.05, 0) is 79.3 Å². The van der Waals surface area contributed by atoms with Crippen LogP contribution in [0.2, 0.25) is 5.02 Å². The summed E-state index contributed by atoms with van der Waals surface area (Å²) in [5.41, 5.74) is 8.01. The molecule has 0 atom stereocenters. The third-order valence-corrected chi connectivity index (χ3v) is 8.26. The number of allylic oxidation sites excluding steroid dienone is 2. The Hall–Kier alpha value is -2.80. The monoisotopic (exact) mass is 547 g/mol. The average molecular weight is 548 g/mol. The van der Waals surface area contributed by atoms with E-state index in [0.717, 1.165) is 90.0 Å². The van der Waals surface area contributed by atoms with Crippen LogP contribution in [0.5, 0.6) is 0 Å². The first kappa shape index (κ1) is 27.8. The summed E-state index contributed by atoms with van der Waals surface area (Å²) < 4.78 is 5.68. The highest BCUT2D eigenvalue weighted by Crippen LogP contribution is 2.35. The van der Waals surface area contributed by atoms with Crippen molar-refractivity contribution in [3.05, 3.63) is 81.5 Å². The Morgan fingerprint density at radius 3 is 2.23 bits per heavy atom. The third-order valence-electron chi connectivity index (χ3n) is 8.01. The molecule has 2 heterocycles. The summed E-state index contributed by atoms with van der Waals surface area (Å²) in [6.07, 6.45) is 6.62. The second-order valence-corrected chi connectivity index (χ2v) is 10.9. The number of rotatable bonds is 9. The minimum absolute atomic E-state index is 0.787. The van der Waals surface area contributed by atoms with Crippen LogP contribution in [0.3, 0.4) is 0 Å². The number of hydrogen-bond donors (Lipinski definition) is 0. The number of halogens is 1. The van der Waals surface area contributed by atoms with Gasteiger partial charge >= 0.3 is 0 Å². The highest BCUT2D eigenvalue weighted by atomic mass is 35.5. The molecule has 2 aliphatic heterocycles. The first-order valence-electron chi connectivity index (χ1n) is 14.5. The summed E-state index contributed by atoms with van der Waals surface area (Å²) in [4.78, 5) is 7.39. The topological polar surface area (TPSA) is 34.5 Å². The Morgan fingerprint density at radius 1 is 0.872 bits per heavy atom. The molecule has 2 saturated heterocycles. The molecule has 2 fully saturated rings. The van der Waals surface area contributed by atoms with Gasteiger partial charge in [0.25, 0.3) is 0 Å². The summed E-state index contributed by atoms with van der Waals surface area (Å²) in [7, 11) is 0. The van der Waals surface area contributed by atoms with Crippen molar-refractivity contribution in [2.75, 3.05) is 70.5 Å². The van der Waals surface area contributed by atoms with E-state index < -0.39 is 0 Å². The van der Waals surface area contributed by atoms with Gasteiger partial charge in [0, 0.05) is 75.3 Å². The maximum Gasteiger partial charge on any atom is 0.0642 e. The fourth-order valence-corrected chi connectivity index (χ4v) is 5.88. The molecular weight excluding hydrogens is 506 g/mol. The standard InChI is InChI=1S/C32H42ClN5O/c1-3-36(4-2)31-13-7-26(8-14-31)23-28-9-10-29(32(28)37-19-21-39-22-20-37)24-34-38-17-15-35(16-18-38)25-27-5-11-30(33)12-6-27/h5-8,11-14,23-24H,3-4,9-10,15-22,25H2,1-2H3. The number of nitrogens with zero attached hydrogens (tertiary/aromatic N) is 5. The lowest BCUT2D eigenvalue weighted by molar-refractivity contribution is 0.0548. The predicted octanol–water partition coefficient (Wildman–Crippen LogP) is 5.75. The number of hydrazone groups is 1. The maximum atomic E-state index is 6.04. The summed E-state index contributed by atoms with van der Waals surface area (Å²) in [6.45, 7) is 14.8. The number of benzene rings is 2. The van der Waals surface area contributed by atoms with Crippen LogP contribution >= 0.6 is 11.6 Å². The SMILES string of the molecule is CCN(CC)c1ccc(C=C2CCC(C=NN3CCN(Cc4ccc(Cl)cc4)CC3)=C2N2CCOCC2)cc1. The van der Waals surface area contributed by atoms with Gasteiger partial charge in [0.2, 0.25) is 0 Å². The lowest BCUT2D eigenvalue weighted by Gasteiger charge is -2.33. The molecule has 7 heteroatoms. The van der Waals surface area contributed by atoms with Crippen molar-refractivity contribution in [1.29, 1.82) is 0 Å². The fraction of sp³-hybridized carbons (Fsp3) is 0.469. The zero-order chi connectivity index (χ0) is 27.0. The van der Waals surface area contributed by atoms with Crippen molar-refractivity contribution >= 4 is 29.6 Å². The number of ether oxygens (including phenoxy) is 1. The molecule has 39 heavy (non-hydrogen) atoms. The Balaban J connectivity index is 1.27. The van der Waals surface area contributed by atoms with Crippen molar-refractivity contribution in [2.24, 2.45) is 5.10 Å². The Morgan fingerprint density at radius 2 is 1.56 bits per heavy atom. The predicted molar refractivity (Wildman–Crippen MR) is 163 cm³/mol. The van der Waals surface area contributed by atoms with Gasteiger partial charge in [-0.15, -0.1) is 0 Å². The van der Waals surface area contributed by atoms with Crippen molar-refractivity contribution in [1.82, 2.24) is 14.8 Å². The number of piperazine rings is 1. The van der Waals surface area contributed by atoms with E-state index in [4.69, 9.17) is 21.4 Å². The molecule has 0 saturated carbocycles. The van der Waals surface area contributed by atoms with E-state index in [2.05, 4.69) is 82.2 Å². The second kappa shape index (κ2) is 13.5. The molecular formula is C32H42ClN5O. The molecule has 0 radical (unpaired) electrons. The number of hydrogen-bond acceptors (Lipinski definition) is 6. The van der Waals surface area contributed by atoms with E-state index in [-0.39, 0.29) is 0 Å². The summed E-state index contributed by atoms with van der Waals surface area (Å²) >= 11 is 6.04. The Kier molecular flexibility index (Phi) is 9.62. The largest absolute Gasteiger partial charge is 0.378 e. The average Bonchev–Trinajstić information content (AvgIpc) is 3.38. The molecule has 1 aliphatic carbocycles. The molecule has 0 amide bonds. The molecule has 0 unspecified atom stereocenters. The molecule has 0 aromatic heterocycles. The van der Waals surface area contributed by atoms with Crippen molar-refractivity contribution in [2.45, 2.75) is 33.2 Å². The number of morpholine rings is 1. The minimum atomic E-state index is 0.787. The smallest absolute Gasteiger partial charge is 0.0642 e. The minimum Gasteiger partial charge on any atom is -0.378 e. The van der Waals surface area contributed by atoms with Crippen LogP contribution in [0, 0.1) is 0 Å². The molecule has 5 rings (SSSR count). The maximum absolute atomic E-state index is 6.04. The molecule has 0 N–H and O–H groups in total. The van der Waals surface area contributed by atoms with E-state index in [9.17, 15) is 0 Å². The molecule has 6 nitrogen and oxygen atoms in total. The van der Waals surface area contributed by atoms with Crippen molar-refractivity contribution in [3.63, 3.8) is 0 Å². The van der Waals surface area contributed by atoms with Gasteiger partial charge in [0.15, 0.2) is 0 Å². The highest BCUT2D eigenvalue weighted by Gasteiger charge is 2.26. The van der Waals surface area contributed by atoms with Gasteiger partial charge in [0.1, 0.15) is 0 Å². The van der Waals surface area contributed by atoms with Crippen LogP contribution in [-0.4, -0.2) is 86.6 Å². The van der Waals surface area contributed by atoms with Gasteiger partial charge in [-0.3, -0.25) is 9.91 Å². The van der Waals surface area contributed by atoms with Gasteiger partial charge in [-0.25, -0.2) is 0 Å². The van der Waals surface area contributed by atoms with Crippen molar-refractivity contribution in [3.8, 4) is 0 Å². The van der Waals surface area contributed by atoms with Crippen LogP contribution in [0.15, 0.2) is 70.5 Å². The molecule has 3 aliphatic rings. The lowest BCUT2D eigenvalue weighted by atomic mass is 10.1. The Labute approximate surface area is 239 Å². The van der Waals surface area contributed by atoms with Crippen LogP contribution in [0.4, 0.5) is 5.69 Å². The van der Waals surface area contributed by atoms with Gasteiger partial charge in [-0.2, -0.15) is 5.10 Å². The highest BCUT2D eigenvalue weighted by molar-refractivity contribution is 6.30. The molecule has 2 aromatic rings. The molecule has 0 spiro atoms. The second-order valence-electron chi connectivity index (χ2n) is 10.5. The zero-order valence-corrected chi connectivity index (χ0v) is 24.2. The molecule has 0 bridgehead atoms. The third kappa shape index (κ3) is 7.24. The van der Waals surface area contributed by atoms with Crippen LogP contribution in [0.25, 0.3) is 6.08 Å². The van der Waals surface area contributed by atoms with E-state index in [1.165, 1.54) is 33.7 Å². The van der Waals surface area contributed by atoms with Gasteiger partial charge in [0.05, 0.1) is 19.4 Å². The summed E-state index contributed by atoms with van der Waals surface area (Å²) in [5, 5.41) is 8.00. The number of anilines is 1. The zero-order valence-electron chi connectivity index (χ0n) is 23.5. The van der Waals surface area contributed by atoms with Crippen LogP contribution in [0.1, 0.15) is 37.8 Å². The van der Waals surface area contributed by atoms with E-state index in [1.54, 1.807) is 0 Å². The van der Waals surface area contributed by atoms with Gasteiger partial charge in [-0.1, -0.05) is 35.9 Å². The van der Waals surface area contributed by atoms with E-state index in [0.29, 0.717) is 0 Å². The van der Waals surface area contributed by atoms with Crippen LogP contribution in [-0.2, 0) is 11.3 Å². The normalized spacial score (nSPS) is 20.0. The van der Waals surface area contributed by atoms with Crippen molar-refractivity contribution < 1.29 is 4.74 Å². The van der Waals surface area contributed by atoms with E-state index >= 15 is 0 Å². The lowest BCUT2D eigenvalue weighted by Crippen LogP contribution is -2.43. The van der Waals surface area contributed by atoms with Gasteiger partial charge < -0.3 is 14.5 Å². The first-order valence-corrected chi connectivity index (χ1v) is 14.9. The van der Waals surface area contributed by atoms with Crippen LogP contribution < -0.4 is 4.90 Å². The summed E-state index contributed by atoms with van der Waals surface area (Å²) in [6, 6.07) is 17.2. The fourth-order valence-electron chi connectivity index (χ4n) is 5.75. The molecule has 2 aromatic carbocycles. The Bertz CT molecular complexity index is 1160. The quantitative estimate of drug-likeness (QED) is 0.373. The molecule has 208 valence electrons.